The Hall–Kier alpha value is -5.96. The van der Waals surface area contributed by atoms with E-state index in [0.717, 1.165) is 49.5 Å². The van der Waals surface area contributed by atoms with Crippen LogP contribution in [0.2, 0.25) is 0 Å². The number of aliphatic hydroxyl groups is 3. The zero-order chi connectivity index (χ0) is 47.3. The van der Waals surface area contributed by atoms with Crippen molar-refractivity contribution in [3.63, 3.8) is 0 Å². The van der Waals surface area contributed by atoms with Crippen LogP contribution in [0, 0.1) is 25.5 Å². The predicted octanol–water partition coefficient (Wildman–Crippen LogP) is 7.60. The van der Waals surface area contributed by atoms with Crippen LogP contribution in [0.15, 0.2) is 60.9 Å². The fourth-order valence-corrected chi connectivity index (χ4v) is 8.36. The van der Waals surface area contributed by atoms with E-state index in [0.29, 0.717) is 71.6 Å². The van der Waals surface area contributed by atoms with Crippen molar-refractivity contribution in [2.75, 3.05) is 79.5 Å². The van der Waals surface area contributed by atoms with Crippen molar-refractivity contribution in [2.45, 2.75) is 71.1 Å². The number of alkyl halides is 4. The molecule has 2 fully saturated rings. The van der Waals surface area contributed by atoms with Crippen molar-refractivity contribution >= 4 is 45.1 Å². The number of benzene rings is 2. The van der Waals surface area contributed by atoms with Crippen LogP contribution < -0.4 is 20.4 Å². The van der Waals surface area contributed by atoms with Gasteiger partial charge in [0.1, 0.15) is 46.6 Å². The molecule has 3 unspecified atom stereocenters. The van der Waals surface area contributed by atoms with Crippen molar-refractivity contribution < 1.29 is 41.7 Å². The lowest BCUT2D eigenvalue weighted by Gasteiger charge is -2.35. The highest BCUT2D eigenvalue weighted by atomic mass is 19.3. The highest BCUT2D eigenvalue weighted by Crippen LogP contribution is 2.35. The number of pyridine rings is 2. The Balaban J connectivity index is 0.000000196. The number of hydrogen-bond acceptors (Lipinski definition) is 14. The largest absolute Gasteiger partial charge is 0.396 e. The molecule has 5 N–H and O–H groups in total. The number of β-amino-alcohol motifs (C(OH)–C–C–N with tert-alkyl or cyclic N) is 2. The molecule has 352 valence electrons. The van der Waals surface area contributed by atoms with E-state index in [-0.39, 0.29) is 30.8 Å². The molecule has 8 rings (SSSR count). The molecule has 20 heteroatoms. The smallest absolute Gasteiger partial charge is 0.266 e. The Kier molecular flexibility index (Phi) is 15.0. The normalized spacial score (nSPS) is 17.7. The second kappa shape index (κ2) is 20.7. The summed E-state index contributed by atoms with van der Waals surface area (Å²) in [5.74, 6) is 1.47. The van der Waals surface area contributed by atoms with Gasteiger partial charge in [0.05, 0.1) is 58.8 Å². The summed E-state index contributed by atoms with van der Waals surface area (Å²) < 4.78 is 81.9. The molecule has 0 aliphatic carbocycles. The van der Waals surface area contributed by atoms with Crippen LogP contribution in [0.5, 0.6) is 0 Å². The van der Waals surface area contributed by atoms with Gasteiger partial charge in [-0.2, -0.15) is 0 Å². The molecule has 2 aliphatic heterocycles. The quantitative estimate of drug-likeness (QED) is 0.0677. The van der Waals surface area contributed by atoms with E-state index in [1.807, 2.05) is 11.0 Å². The minimum absolute atomic E-state index is 0.0993. The molecule has 66 heavy (non-hydrogen) atoms. The third-order valence-electron chi connectivity index (χ3n) is 11.9. The molecular formula is C46H53F6N11O3. The van der Waals surface area contributed by atoms with Crippen LogP contribution in [0.4, 0.5) is 49.6 Å². The van der Waals surface area contributed by atoms with Gasteiger partial charge in [-0.1, -0.05) is 36.4 Å². The van der Waals surface area contributed by atoms with Gasteiger partial charge in [0.15, 0.2) is 0 Å². The molecular weight excluding hydrogens is 869 g/mol. The molecule has 0 spiro atoms. The van der Waals surface area contributed by atoms with Crippen LogP contribution >= 0.6 is 0 Å². The minimum atomic E-state index is -2.90. The van der Waals surface area contributed by atoms with Gasteiger partial charge in [0, 0.05) is 80.7 Å². The molecule has 4 aromatic heterocycles. The summed E-state index contributed by atoms with van der Waals surface area (Å²) in [6.45, 7) is 11.7. The van der Waals surface area contributed by atoms with Gasteiger partial charge in [-0.25, -0.2) is 56.2 Å². The topological polar surface area (TPSA) is 172 Å². The van der Waals surface area contributed by atoms with Gasteiger partial charge in [0.2, 0.25) is 0 Å². The fraction of sp³-hybridized carbons (Fsp3) is 0.435. The number of fused-ring (bicyclic) bond motifs is 2. The van der Waals surface area contributed by atoms with E-state index in [1.165, 1.54) is 24.3 Å². The zero-order valence-electron chi connectivity index (χ0n) is 37.0. The van der Waals surface area contributed by atoms with Crippen molar-refractivity contribution in [3.05, 3.63) is 106 Å². The number of piperazine rings is 1. The summed E-state index contributed by atoms with van der Waals surface area (Å²) in [7, 11) is 0. The molecule has 2 aromatic carbocycles. The molecule has 0 radical (unpaired) electrons. The number of anilines is 4. The molecule has 2 saturated heterocycles. The lowest BCUT2D eigenvalue weighted by atomic mass is 10.00. The van der Waals surface area contributed by atoms with E-state index in [1.54, 1.807) is 46.2 Å². The molecule has 6 aromatic rings. The van der Waals surface area contributed by atoms with Gasteiger partial charge in [-0.05, 0) is 46.2 Å². The third-order valence-corrected chi connectivity index (χ3v) is 11.9. The first-order valence-corrected chi connectivity index (χ1v) is 21.7. The van der Waals surface area contributed by atoms with Gasteiger partial charge in [0.25, 0.3) is 12.9 Å². The standard InChI is InChI=1S/C23H27F3N6O.C23H26F3N5O2/c1-14(16-4-3-5-17(21(16)24)22(25)26)28-23-18-12-20(27-13-19(18)29-15(2)30-23)32-8-6-31(7-9-32)10-11-33;1-13(15-4-3-5-16(20(15)24)21(25)26)28-22-17-10-19(27-11-18(17)29-14(2)30-22)31-8-6-23(33,12-31)7-9-32/h3-5,12-14,22,33H,6-11H2,1-2H3,(H,28,29,30);3-5,10-11,13,21,32-33H,6-9,12H2,1-2H3,(H,28,29,30). The molecule has 0 saturated carbocycles. The van der Waals surface area contributed by atoms with Crippen molar-refractivity contribution in [3.8, 4) is 0 Å². The Bertz CT molecular complexity index is 2640. The highest BCUT2D eigenvalue weighted by Gasteiger charge is 2.36. The summed E-state index contributed by atoms with van der Waals surface area (Å²) in [4.78, 5) is 33.1. The first-order chi connectivity index (χ1) is 31.6. The Morgan fingerprint density at radius 3 is 1.58 bits per heavy atom. The Labute approximate surface area is 377 Å². The van der Waals surface area contributed by atoms with Crippen LogP contribution in [-0.2, 0) is 0 Å². The van der Waals surface area contributed by atoms with E-state index in [4.69, 9.17) is 5.11 Å². The van der Waals surface area contributed by atoms with Crippen molar-refractivity contribution in [1.29, 1.82) is 0 Å². The van der Waals surface area contributed by atoms with Crippen LogP contribution in [0.3, 0.4) is 0 Å². The maximum absolute atomic E-state index is 14.7. The number of hydrogen-bond donors (Lipinski definition) is 5. The zero-order valence-corrected chi connectivity index (χ0v) is 37.0. The van der Waals surface area contributed by atoms with Gasteiger partial charge in [-0.15, -0.1) is 0 Å². The van der Waals surface area contributed by atoms with Crippen molar-refractivity contribution in [1.82, 2.24) is 34.8 Å². The maximum atomic E-state index is 14.7. The summed E-state index contributed by atoms with van der Waals surface area (Å²) in [6, 6.07) is 10.4. The first-order valence-electron chi connectivity index (χ1n) is 21.7. The fourth-order valence-electron chi connectivity index (χ4n) is 8.36. The third kappa shape index (κ3) is 10.8. The van der Waals surface area contributed by atoms with Gasteiger partial charge < -0.3 is 35.8 Å². The molecule has 0 amide bonds. The molecule has 0 bridgehead atoms. The van der Waals surface area contributed by atoms with Crippen LogP contribution in [-0.4, -0.2) is 115 Å². The number of aromatic nitrogens is 6. The lowest BCUT2D eigenvalue weighted by Crippen LogP contribution is -2.47. The second-order valence-electron chi connectivity index (χ2n) is 16.6. The summed E-state index contributed by atoms with van der Waals surface area (Å²) in [6.07, 6.45) is -1.69. The maximum Gasteiger partial charge on any atom is 0.266 e. The van der Waals surface area contributed by atoms with Gasteiger partial charge in [-0.3, -0.25) is 4.90 Å². The average Bonchev–Trinajstić information content (AvgIpc) is 3.67. The summed E-state index contributed by atoms with van der Waals surface area (Å²) in [5.41, 5.74) is -0.754. The van der Waals surface area contributed by atoms with Crippen LogP contribution in [0.1, 0.15) is 85.5 Å². The Morgan fingerprint density at radius 1 is 0.652 bits per heavy atom. The molecule has 14 nitrogen and oxygen atoms in total. The number of nitrogens with one attached hydrogen (secondary N) is 2. The number of aliphatic hydroxyl groups excluding tert-OH is 2. The summed E-state index contributed by atoms with van der Waals surface area (Å²) in [5, 5.41) is 36.6. The predicted molar refractivity (Wildman–Crippen MR) is 240 cm³/mol. The minimum Gasteiger partial charge on any atom is -0.396 e. The van der Waals surface area contributed by atoms with Crippen molar-refractivity contribution in [2.24, 2.45) is 0 Å². The highest BCUT2D eigenvalue weighted by molar-refractivity contribution is 5.91. The van der Waals surface area contributed by atoms with E-state index < -0.39 is 53.3 Å². The number of aryl methyl sites for hydroxylation is 2. The Morgan fingerprint density at radius 2 is 1.12 bits per heavy atom. The molecule has 6 heterocycles. The average molecular weight is 922 g/mol. The molecule has 3 atom stereocenters. The first kappa shape index (κ1) is 48.0. The summed E-state index contributed by atoms with van der Waals surface area (Å²) >= 11 is 0. The van der Waals surface area contributed by atoms with E-state index in [9.17, 15) is 36.6 Å². The number of nitrogens with zero attached hydrogens (tertiary/aromatic N) is 9. The monoisotopic (exact) mass is 921 g/mol. The van der Waals surface area contributed by atoms with E-state index in [2.05, 4.69) is 50.3 Å². The van der Waals surface area contributed by atoms with E-state index >= 15 is 0 Å². The van der Waals surface area contributed by atoms with Crippen LogP contribution in [0.25, 0.3) is 21.8 Å². The SMILES string of the molecule is Cc1nc(NC(C)c2cccc(C(F)F)c2F)c2cc(N3CCC(O)(CCO)C3)ncc2n1.Cc1nc(NC(C)c2cccc(C(F)F)c2F)c2cc(N3CCN(CCO)CC3)ncc2n1. The molecule has 2 aliphatic rings. The van der Waals surface area contributed by atoms with Gasteiger partial charge >= 0.3 is 0 Å². The number of rotatable bonds is 14. The number of halogens is 6. The lowest BCUT2D eigenvalue weighted by molar-refractivity contribution is 0.0364. The second-order valence-corrected chi connectivity index (χ2v) is 16.6.